The molecule has 0 saturated carbocycles. The van der Waals surface area contributed by atoms with Crippen molar-refractivity contribution in [2.24, 2.45) is 7.05 Å². The number of nitrogens with zero attached hydrogens (tertiary/aromatic N) is 4. The van der Waals surface area contributed by atoms with E-state index in [-0.39, 0.29) is 11.7 Å². The summed E-state index contributed by atoms with van der Waals surface area (Å²) in [6, 6.07) is 0. The van der Waals surface area contributed by atoms with Gasteiger partial charge < -0.3 is 9.84 Å². The maximum atomic E-state index is 10.2. The molecule has 1 atom stereocenters. The van der Waals surface area contributed by atoms with Crippen LogP contribution < -0.4 is 0 Å². The predicted octanol–water partition coefficient (Wildman–Crippen LogP) is 0.629. The van der Waals surface area contributed by atoms with E-state index in [0.717, 1.165) is 63.6 Å². The van der Waals surface area contributed by atoms with E-state index in [1.54, 1.807) is 0 Å². The summed E-state index contributed by atoms with van der Waals surface area (Å²) < 4.78 is 7.79. The molecule has 1 aromatic rings. The van der Waals surface area contributed by atoms with Gasteiger partial charge >= 0.3 is 0 Å². The zero-order valence-electron chi connectivity index (χ0n) is 12.4. The smallest absolute Gasteiger partial charge is 0.147 e. The molecule has 0 aromatic carbocycles. The van der Waals surface area contributed by atoms with Crippen LogP contribution in [0.4, 0.5) is 0 Å². The average Bonchev–Trinajstić information content (AvgIpc) is 2.74. The van der Waals surface area contributed by atoms with E-state index in [1.807, 2.05) is 18.7 Å². The minimum atomic E-state index is -0.296. The fourth-order valence-corrected chi connectivity index (χ4v) is 3.37. The van der Waals surface area contributed by atoms with E-state index >= 15 is 0 Å². The van der Waals surface area contributed by atoms with Crippen LogP contribution in [0.25, 0.3) is 0 Å². The van der Waals surface area contributed by atoms with E-state index in [4.69, 9.17) is 4.74 Å². The number of aliphatic hydroxyl groups excluding tert-OH is 1. The largest absolute Gasteiger partial charge is 0.390 e. The summed E-state index contributed by atoms with van der Waals surface area (Å²) in [6.07, 6.45) is 3.37. The molecular weight excluding hydrogens is 256 g/mol. The topological polar surface area (TPSA) is 63.4 Å². The molecule has 0 amide bonds. The van der Waals surface area contributed by atoms with Gasteiger partial charge in [-0.1, -0.05) is 0 Å². The molecule has 112 valence electrons. The zero-order valence-corrected chi connectivity index (χ0v) is 12.4. The lowest BCUT2D eigenvalue weighted by atomic mass is 9.82. The molecule has 0 radical (unpaired) electrons. The van der Waals surface area contributed by atoms with E-state index in [0.29, 0.717) is 0 Å². The molecule has 3 heterocycles. The first-order chi connectivity index (χ1) is 9.59. The van der Waals surface area contributed by atoms with Crippen molar-refractivity contribution in [3.63, 3.8) is 0 Å². The summed E-state index contributed by atoms with van der Waals surface area (Å²) in [5, 5.41) is 14.5. The molecule has 3 rings (SSSR count). The molecule has 2 fully saturated rings. The van der Waals surface area contributed by atoms with Crippen molar-refractivity contribution in [1.29, 1.82) is 0 Å². The summed E-state index contributed by atoms with van der Waals surface area (Å²) in [7, 11) is 1.94. The second-order valence-corrected chi connectivity index (χ2v) is 6.05. The van der Waals surface area contributed by atoms with Crippen molar-refractivity contribution in [1.82, 2.24) is 19.7 Å². The van der Waals surface area contributed by atoms with Crippen LogP contribution in [-0.2, 0) is 18.3 Å². The molecule has 6 nitrogen and oxygen atoms in total. The molecule has 1 spiro atoms. The minimum Gasteiger partial charge on any atom is -0.390 e. The van der Waals surface area contributed by atoms with Crippen LogP contribution in [0.5, 0.6) is 0 Å². The zero-order chi connectivity index (χ0) is 14.2. The van der Waals surface area contributed by atoms with Crippen molar-refractivity contribution in [3.8, 4) is 0 Å². The van der Waals surface area contributed by atoms with Gasteiger partial charge in [0.05, 0.1) is 18.2 Å². The van der Waals surface area contributed by atoms with Gasteiger partial charge in [0, 0.05) is 26.7 Å². The molecule has 0 unspecified atom stereocenters. The Balaban J connectivity index is 1.60. The number of rotatable bonds is 2. The molecule has 0 aliphatic carbocycles. The lowest BCUT2D eigenvalue weighted by Gasteiger charge is -2.46. The molecule has 1 N–H and O–H groups in total. The fraction of sp³-hybridized carbons (Fsp3) is 0.857. The Morgan fingerprint density at radius 3 is 2.75 bits per heavy atom. The van der Waals surface area contributed by atoms with E-state index in [2.05, 4.69) is 15.0 Å². The molecule has 1 aromatic heterocycles. The van der Waals surface area contributed by atoms with E-state index < -0.39 is 0 Å². The van der Waals surface area contributed by atoms with Crippen LogP contribution in [0.15, 0.2) is 0 Å². The number of hydrogen-bond donors (Lipinski definition) is 1. The van der Waals surface area contributed by atoms with Gasteiger partial charge in [-0.15, -0.1) is 0 Å². The monoisotopic (exact) mass is 280 g/mol. The molecule has 0 bridgehead atoms. The number of ether oxygens (including phenoxy) is 1. The standard InChI is InChI=1S/C14H24N4O2/c1-11-15-13(17(2)16-11)10-18-7-5-14(6-8-18)12(19)4-3-9-20-14/h12,19H,3-10H2,1-2H3/t12-/m0/s1. The highest BCUT2D eigenvalue weighted by Gasteiger charge is 2.43. The van der Waals surface area contributed by atoms with Crippen LogP contribution in [0.1, 0.15) is 37.3 Å². The van der Waals surface area contributed by atoms with Gasteiger partial charge in [0.15, 0.2) is 0 Å². The molecular formula is C14H24N4O2. The third kappa shape index (κ3) is 2.60. The van der Waals surface area contributed by atoms with Crippen LogP contribution >= 0.6 is 0 Å². The lowest BCUT2D eigenvalue weighted by Crippen LogP contribution is -2.55. The van der Waals surface area contributed by atoms with Gasteiger partial charge in [0.2, 0.25) is 0 Å². The van der Waals surface area contributed by atoms with Crippen molar-refractivity contribution in [2.45, 2.75) is 50.9 Å². The Labute approximate surface area is 119 Å². The highest BCUT2D eigenvalue weighted by molar-refractivity contribution is 4.97. The van der Waals surface area contributed by atoms with Gasteiger partial charge in [-0.2, -0.15) is 5.10 Å². The number of aromatic nitrogens is 3. The lowest BCUT2D eigenvalue weighted by molar-refractivity contribution is -0.177. The Bertz CT molecular complexity index is 466. The third-order valence-corrected chi connectivity index (χ3v) is 4.65. The maximum Gasteiger partial charge on any atom is 0.147 e. The van der Waals surface area contributed by atoms with Crippen molar-refractivity contribution >= 4 is 0 Å². The normalized spacial score (nSPS) is 27.1. The number of aliphatic hydroxyl groups is 1. The quantitative estimate of drug-likeness (QED) is 0.861. The van der Waals surface area contributed by atoms with Crippen molar-refractivity contribution in [2.75, 3.05) is 19.7 Å². The van der Waals surface area contributed by atoms with Crippen molar-refractivity contribution in [3.05, 3.63) is 11.6 Å². The van der Waals surface area contributed by atoms with Gasteiger partial charge in [-0.25, -0.2) is 4.98 Å². The Kier molecular flexibility index (Phi) is 3.79. The van der Waals surface area contributed by atoms with Crippen LogP contribution in [0.2, 0.25) is 0 Å². The first kappa shape index (κ1) is 14.0. The van der Waals surface area contributed by atoms with Crippen LogP contribution in [0.3, 0.4) is 0 Å². The van der Waals surface area contributed by atoms with Gasteiger partial charge in [0.25, 0.3) is 0 Å². The molecule has 20 heavy (non-hydrogen) atoms. The summed E-state index contributed by atoms with van der Waals surface area (Å²) in [5.41, 5.74) is -0.287. The average molecular weight is 280 g/mol. The second-order valence-electron chi connectivity index (χ2n) is 6.05. The first-order valence-corrected chi connectivity index (χ1v) is 7.50. The highest BCUT2D eigenvalue weighted by Crippen LogP contribution is 2.35. The fourth-order valence-electron chi connectivity index (χ4n) is 3.37. The SMILES string of the molecule is Cc1nc(CN2CCC3(CC2)OCCC[C@@H]3O)n(C)n1. The van der Waals surface area contributed by atoms with Gasteiger partial charge in [-0.3, -0.25) is 9.58 Å². The first-order valence-electron chi connectivity index (χ1n) is 7.50. The maximum absolute atomic E-state index is 10.2. The highest BCUT2D eigenvalue weighted by atomic mass is 16.5. The summed E-state index contributed by atoms with van der Waals surface area (Å²) >= 11 is 0. The van der Waals surface area contributed by atoms with Crippen molar-refractivity contribution < 1.29 is 9.84 Å². The Hall–Kier alpha value is -0.980. The molecule has 6 heteroatoms. The summed E-state index contributed by atoms with van der Waals surface area (Å²) in [4.78, 5) is 6.83. The van der Waals surface area contributed by atoms with Crippen LogP contribution in [-0.4, -0.2) is 56.2 Å². The number of likely N-dealkylation sites (tertiary alicyclic amines) is 1. The Morgan fingerprint density at radius 1 is 1.40 bits per heavy atom. The number of piperidine rings is 1. The third-order valence-electron chi connectivity index (χ3n) is 4.65. The summed E-state index contributed by atoms with van der Waals surface area (Å²) in [5.74, 6) is 1.82. The minimum absolute atomic E-state index is 0.287. The summed E-state index contributed by atoms with van der Waals surface area (Å²) in [6.45, 7) is 5.43. The predicted molar refractivity (Wildman–Crippen MR) is 74.2 cm³/mol. The Morgan fingerprint density at radius 2 is 2.15 bits per heavy atom. The van der Waals surface area contributed by atoms with E-state index in [9.17, 15) is 5.11 Å². The molecule has 2 aliphatic rings. The van der Waals surface area contributed by atoms with Gasteiger partial charge in [0.1, 0.15) is 11.6 Å². The number of aryl methyl sites for hydroxylation is 2. The second kappa shape index (κ2) is 5.42. The number of hydrogen-bond acceptors (Lipinski definition) is 5. The van der Waals surface area contributed by atoms with Gasteiger partial charge in [-0.05, 0) is 32.6 Å². The molecule has 2 aliphatic heterocycles. The van der Waals surface area contributed by atoms with Crippen LogP contribution in [0, 0.1) is 6.92 Å². The van der Waals surface area contributed by atoms with E-state index in [1.165, 1.54) is 0 Å². The molecule has 2 saturated heterocycles.